The van der Waals surface area contributed by atoms with E-state index in [1.54, 1.807) is 4.90 Å². The lowest BCUT2D eigenvalue weighted by atomic mass is 9.87. The first-order chi connectivity index (χ1) is 12.1. The molecule has 3 rings (SSSR count). The van der Waals surface area contributed by atoms with Gasteiger partial charge in [0.15, 0.2) is 0 Å². The van der Waals surface area contributed by atoms with E-state index in [1.165, 1.54) is 43.8 Å². The first-order valence-corrected chi connectivity index (χ1v) is 9.68. The summed E-state index contributed by atoms with van der Waals surface area (Å²) < 4.78 is 5.64. The summed E-state index contributed by atoms with van der Waals surface area (Å²) in [5.41, 5.74) is 0.963. The van der Waals surface area contributed by atoms with Crippen LogP contribution in [0.1, 0.15) is 31.2 Å². The zero-order chi connectivity index (χ0) is 17.7. The lowest BCUT2D eigenvalue weighted by Crippen LogP contribution is -3.18. The third-order valence-electron chi connectivity index (χ3n) is 5.96. The Labute approximate surface area is 151 Å². The maximum Gasteiger partial charge on any atom is 0.410 e. The highest BCUT2D eigenvalue weighted by molar-refractivity contribution is 5.68. The topological polar surface area (TPSA) is 38.4 Å². The van der Waals surface area contributed by atoms with E-state index in [1.807, 2.05) is 42.3 Å². The molecule has 2 aliphatic rings. The Morgan fingerprint density at radius 3 is 2.56 bits per heavy atom. The van der Waals surface area contributed by atoms with Crippen LogP contribution in [0.25, 0.3) is 0 Å². The van der Waals surface area contributed by atoms with Gasteiger partial charge in [-0.15, -0.1) is 0 Å². The van der Waals surface area contributed by atoms with Gasteiger partial charge < -0.3 is 14.5 Å². The molecular formula is C20H33N3O2+2. The molecule has 2 fully saturated rings. The third-order valence-corrected chi connectivity index (χ3v) is 5.96. The number of hydrogen-bond donors (Lipinski definition) is 2. The van der Waals surface area contributed by atoms with E-state index in [0.29, 0.717) is 6.61 Å². The highest BCUT2D eigenvalue weighted by atomic mass is 16.6. The molecule has 0 radical (unpaired) electrons. The maximum atomic E-state index is 12.8. The van der Waals surface area contributed by atoms with Crippen LogP contribution < -0.4 is 9.80 Å². The van der Waals surface area contributed by atoms with Crippen LogP contribution in [-0.4, -0.2) is 63.4 Å². The van der Waals surface area contributed by atoms with Gasteiger partial charge in [-0.25, -0.2) is 4.79 Å². The van der Waals surface area contributed by atoms with Gasteiger partial charge in [0.25, 0.3) is 0 Å². The normalized spacial score (nSPS) is 27.2. The van der Waals surface area contributed by atoms with Crippen LogP contribution in [0.2, 0.25) is 0 Å². The predicted octanol–water partition coefficient (Wildman–Crippen LogP) is -0.0190. The molecule has 2 heterocycles. The summed E-state index contributed by atoms with van der Waals surface area (Å²) in [5.74, 6) is 0. The van der Waals surface area contributed by atoms with Crippen molar-refractivity contribution in [3.8, 4) is 0 Å². The largest absolute Gasteiger partial charge is 0.445 e. The molecule has 1 amide bonds. The van der Waals surface area contributed by atoms with Gasteiger partial charge in [-0.2, -0.15) is 0 Å². The number of likely N-dealkylation sites (N-methyl/N-ethyl adjacent to an activating group) is 2. The zero-order valence-corrected chi connectivity index (χ0v) is 15.7. The van der Waals surface area contributed by atoms with Gasteiger partial charge >= 0.3 is 6.09 Å². The van der Waals surface area contributed by atoms with E-state index in [-0.39, 0.29) is 11.6 Å². The van der Waals surface area contributed by atoms with Crippen molar-refractivity contribution in [3.63, 3.8) is 0 Å². The van der Waals surface area contributed by atoms with Crippen molar-refractivity contribution in [3.05, 3.63) is 35.9 Å². The molecule has 0 bridgehead atoms. The minimum Gasteiger partial charge on any atom is -0.445 e. The van der Waals surface area contributed by atoms with Gasteiger partial charge in [0.2, 0.25) is 0 Å². The number of nitrogens with one attached hydrogen (secondary N) is 2. The fourth-order valence-corrected chi connectivity index (χ4v) is 4.54. The maximum absolute atomic E-state index is 12.8. The van der Waals surface area contributed by atoms with Crippen molar-refractivity contribution in [1.82, 2.24) is 4.90 Å². The van der Waals surface area contributed by atoms with Gasteiger partial charge in [-0.1, -0.05) is 30.3 Å². The highest BCUT2D eigenvalue weighted by Crippen LogP contribution is 2.21. The summed E-state index contributed by atoms with van der Waals surface area (Å²) >= 11 is 0. The Morgan fingerprint density at radius 1 is 1.16 bits per heavy atom. The molecule has 1 aromatic carbocycles. The molecule has 2 atom stereocenters. The van der Waals surface area contributed by atoms with Crippen LogP contribution in [0.15, 0.2) is 30.3 Å². The number of rotatable bonds is 5. The van der Waals surface area contributed by atoms with Crippen molar-refractivity contribution in [2.24, 2.45) is 0 Å². The molecule has 0 aromatic heterocycles. The minimum atomic E-state index is -0.183. The van der Waals surface area contributed by atoms with Crippen LogP contribution in [0.5, 0.6) is 0 Å². The molecule has 0 saturated carbocycles. The number of benzene rings is 1. The summed E-state index contributed by atoms with van der Waals surface area (Å²) in [6.07, 6.45) is 4.71. The Balaban J connectivity index is 1.66. The number of carbonyl (C=O) groups excluding carboxylic acids is 1. The number of ether oxygens (including phenoxy) is 1. The van der Waals surface area contributed by atoms with Gasteiger partial charge in [-0.05, 0) is 18.4 Å². The molecule has 2 saturated heterocycles. The van der Waals surface area contributed by atoms with Crippen LogP contribution in [0.3, 0.4) is 0 Å². The SMILES string of the molecule is CN(C(=O)OCc1ccccc1)[C@]1(C[NH+]2CCCC2)CCC[NH+](C)C1. The minimum absolute atomic E-state index is 0.0736. The molecule has 1 unspecified atom stereocenters. The lowest BCUT2D eigenvalue weighted by molar-refractivity contribution is -0.917. The molecule has 0 spiro atoms. The monoisotopic (exact) mass is 347 g/mol. The number of hydrogen-bond acceptors (Lipinski definition) is 2. The fraction of sp³-hybridized carbons (Fsp3) is 0.650. The van der Waals surface area contributed by atoms with Crippen molar-refractivity contribution in [1.29, 1.82) is 0 Å². The molecule has 1 aromatic rings. The molecule has 5 heteroatoms. The Hall–Kier alpha value is -1.59. The second-order valence-electron chi connectivity index (χ2n) is 7.94. The number of nitrogens with zero attached hydrogens (tertiary/aromatic N) is 1. The molecular weight excluding hydrogens is 314 g/mol. The van der Waals surface area contributed by atoms with E-state index in [4.69, 9.17) is 4.74 Å². The molecule has 25 heavy (non-hydrogen) atoms. The predicted molar refractivity (Wildman–Crippen MR) is 97.8 cm³/mol. The van der Waals surface area contributed by atoms with Crippen LogP contribution in [0.4, 0.5) is 4.79 Å². The van der Waals surface area contributed by atoms with Gasteiger partial charge in [0, 0.05) is 19.9 Å². The first-order valence-electron chi connectivity index (χ1n) is 9.68. The second-order valence-corrected chi connectivity index (χ2v) is 7.94. The summed E-state index contributed by atoms with van der Waals surface area (Å²) in [5, 5.41) is 0. The number of piperidine rings is 1. The van der Waals surface area contributed by atoms with E-state index >= 15 is 0 Å². The second kappa shape index (κ2) is 8.19. The standard InChI is InChI=1S/C20H31N3O2/c1-21-12-8-11-20(16-21,17-23-13-6-7-14-23)22(2)19(24)25-15-18-9-4-3-5-10-18/h3-5,9-10H,6-8,11-17H2,1-2H3/p+2/t20-/m1/s1. The zero-order valence-electron chi connectivity index (χ0n) is 15.7. The number of quaternary nitrogens is 2. The molecule has 0 aliphatic carbocycles. The number of amides is 1. The lowest BCUT2D eigenvalue weighted by Gasteiger charge is -2.44. The highest BCUT2D eigenvalue weighted by Gasteiger charge is 2.47. The number of likely N-dealkylation sites (tertiary alicyclic amines) is 2. The van der Waals surface area contributed by atoms with Crippen LogP contribution in [-0.2, 0) is 11.3 Å². The Morgan fingerprint density at radius 2 is 1.88 bits per heavy atom. The molecule has 2 aliphatic heterocycles. The van der Waals surface area contributed by atoms with Gasteiger partial charge in [0.05, 0.1) is 26.7 Å². The van der Waals surface area contributed by atoms with E-state index in [9.17, 15) is 4.79 Å². The van der Waals surface area contributed by atoms with Gasteiger partial charge in [0.1, 0.15) is 25.2 Å². The average Bonchev–Trinajstić information content (AvgIpc) is 3.12. The molecule has 138 valence electrons. The van der Waals surface area contributed by atoms with Crippen molar-refractivity contribution < 1.29 is 19.3 Å². The van der Waals surface area contributed by atoms with Crippen LogP contribution >= 0.6 is 0 Å². The molecule has 5 nitrogen and oxygen atoms in total. The summed E-state index contributed by atoms with van der Waals surface area (Å²) in [6.45, 7) is 6.11. The quantitative estimate of drug-likeness (QED) is 0.786. The summed E-state index contributed by atoms with van der Waals surface area (Å²) in [7, 11) is 4.19. The third kappa shape index (κ3) is 4.53. The average molecular weight is 348 g/mol. The molecule has 2 N–H and O–H groups in total. The van der Waals surface area contributed by atoms with Gasteiger partial charge in [-0.3, -0.25) is 4.90 Å². The van der Waals surface area contributed by atoms with E-state index in [0.717, 1.165) is 25.1 Å². The fourth-order valence-electron chi connectivity index (χ4n) is 4.54. The summed E-state index contributed by atoms with van der Waals surface area (Å²) in [6, 6.07) is 9.92. The van der Waals surface area contributed by atoms with E-state index in [2.05, 4.69) is 7.05 Å². The number of carbonyl (C=O) groups is 1. The smallest absolute Gasteiger partial charge is 0.410 e. The Bertz CT molecular complexity index is 559. The summed E-state index contributed by atoms with van der Waals surface area (Å²) in [4.78, 5) is 17.9. The van der Waals surface area contributed by atoms with Crippen LogP contribution in [0, 0.1) is 0 Å². The van der Waals surface area contributed by atoms with Crippen molar-refractivity contribution in [2.45, 2.75) is 37.8 Å². The van der Waals surface area contributed by atoms with Crippen molar-refractivity contribution >= 4 is 6.09 Å². The Kier molecular flexibility index (Phi) is 5.97. The van der Waals surface area contributed by atoms with E-state index < -0.39 is 0 Å². The van der Waals surface area contributed by atoms with Crippen molar-refractivity contribution in [2.75, 3.05) is 46.8 Å². The first kappa shape index (κ1) is 18.2.